The average molecular weight is 1080 g/mol. The van der Waals surface area contributed by atoms with Crippen molar-refractivity contribution < 1.29 is 50.6 Å². The van der Waals surface area contributed by atoms with Crippen LogP contribution in [0.25, 0.3) is 0 Å². The number of pyridine rings is 4. The number of hydrogen-bond acceptors (Lipinski definition) is 11. The molecule has 0 unspecified atom stereocenters. The summed E-state index contributed by atoms with van der Waals surface area (Å²) in [6.07, 6.45) is -4.90. The van der Waals surface area contributed by atoms with Gasteiger partial charge in [-0.05, 0) is 88.0 Å². The summed E-state index contributed by atoms with van der Waals surface area (Å²) in [5.74, 6) is -3.23. The van der Waals surface area contributed by atoms with E-state index in [4.69, 9.17) is 0 Å². The third-order valence-corrected chi connectivity index (χ3v) is 12.1. The van der Waals surface area contributed by atoms with Crippen molar-refractivity contribution in [2.24, 2.45) is 25.7 Å². The van der Waals surface area contributed by atoms with Crippen LogP contribution >= 0.6 is 31.9 Å². The molecule has 4 bridgehead atoms. The highest BCUT2D eigenvalue weighted by Crippen LogP contribution is 2.41. The van der Waals surface area contributed by atoms with E-state index in [1.807, 2.05) is 4.90 Å². The van der Waals surface area contributed by atoms with Gasteiger partial charge in [-0.3, -0.25) is 24.2 Å². The number of fused-ring (bicyclic) bond motifs is 8. The third kappa shape index (κ3) is 11.2. The second-order valence-electron chi connectivity index (χ2n) is 16.1. The van der Waals surface area contributed by atoms with Gasteiger partial charge in [-0.1, -0.05) is 6.92 Å². The van der Waals surface area contributed by atoms with Gasteiger partial charge in [0.1, 0.15) is 17.1 Å². The summed E-state index contributed by atoms with van der Waals surface area (Å²) in [5.41, 5.74) is 4.95. The number of nitrogens with zero attached hydrogens (tertiary/aromatic N) is 8. The van der Waals surface area contributed by atoms with Gasteiger partial charge in [-0.15, -0.1) is 0 Å². The second kappa shape index (κ2) is 19.7. The highest BCUT2D eigenvalue weighted by Gasteiger charge is 2.43. The molecule has 4 aliphatic rings. The topological polar surface area (TPSA) is 221 Å². The van der Waals surface area contributed by atoms with Gasteiger partial charge in [0, 0.05) is 68.0 Å². The van der Waals surface area contributed by atoms with Gasteiger partial charge < -0.3 is 40.4 Å². The Bertz CT molecular complexity index is 2720. The highest BCUT2D eigenvalue weighted by atomic mass is 79.9. The monoisotopic (exact) mass is 1070 g/mol. The first kappa shape index (κ1) is 50.4. The number of rotatable bonds is 6. The number of carbonyl (C=O) groups excluding carboxylic acids is 3. The summed E-state index contributed by atoms with van der Waals surface area (Å²) in [4.78, 5) is 90.2. The van der Waals surface area contributed by atoms with E-state index in [-0.39, 0.29) is 46.2 Å². The summed E-state index contributed by atoms with van der Waals surface area (Å²) >= 11 is 6.60. The van der Waals surface area contributed by atoms with Crippen LogP contribution in [0.5, 0.6) is 0 Å². The maximum Gasteiger partial charge on any atom is 0.403 e. The zero-order chi connectivity index (χ0) is 49.4. The number of amides is 4. The minimum absolute atomic E-state index is 0.0603. The molecule has 2 saturated heterocycles. The number of carboxylic acids is 1. The largest absolute Gasteiger partial charge is 0.477 e. The van der Waals surface area contributed by atoms with Gasteiger partial charge in [0.05, 0.1) is 35.4 Å². The molecule has 0 aliphatic carbocycles. The van der Waals surface area contributed by atoms with Crippen molar-refractivity contribution in [3.05, 3.63) is 89.8 Å². The zero-order valence-corrected chi connectivity index (χ0v) is 39.1. The molecule has 8 rings (SSSR count). The van der Waals surface area contributed by atoms with Crippen LogP contribution in [-0.4, -0.2) is 105 Å². The van der Waals surface area contributed by atoms with Crippen molar-refractivity contribution in [2.45, 2.75) is 63.6 Å². The number of carbonyl (C=O) groups is 4. The summed E-state index contributed by atoms with van der Waals surface area (Å²) in [7, 11) is 3.14. The van der Waals surface area contributed by atoms with E-state index in [2.05, 4.69) is 63.1 Å². The van der Waals surface area contributed by atoms with Crippen molar-refractivity contribution in [2.75, 3.05) is 56.4 Å². The molecule has 0 spiro atoms. The van der Waals surface area contributed by atoms with E-state index in [1.54, 1.807) is 38.6 Å². The molecule has 8 heterocycles. The standard InChI is InChI=1S/C21H21BrF3N5O3.C17H16BrN5O4.C3H6F3N/c1-11(21(23,24)25)7-17(31)14-3-4-16-18(26-14)30(13-5-6-29(16)10-13)20(33)27-15-8-12(22)9-28(2)19(15)32;1-21-7-9(18)6-12(15(21)24)20-17(27)23-10-4-5-22(8-10)13-3-2-11(16(25)26)19-14(13)23;1-2(7)3(4,5)6/h3-4,8-9,11,13H,5-7,10H2,1-2H3,(H,27,33);2-3,6-7,10H,4-5,8H2,1H3,(H,20,27)(H,25,26);2H,7H2,1H3/t11-,13-;10-;2-/m001/s1. The van der Waals surface area contributed by atoms with Crippen LogP contribution in [0.15, 0.2) is 67.3 Å². The predicted molar refractivity (Wildman–Crippen MR) is 242 cm³/mol. The van der Waals surface area contributed by atoms with E-state index < -0.39 is 60.1 Å². The van der Waals surface area contributed by atoms with Gasteiger partial charge in [0.15, 0.2) is 23.1 Å². The zero-order valence-electron chi connectivity index (χ0n) is 36.0. The number of hydrogen-bond donors (Lipinski definition) is 4. The van der Waals surface area contributed by atoms with E-state index in [0.717, 1.165) is 26.8 Å². The molecule has 0 saturated carbocycles. The molecule has 26 heteroatoms. The summed E-state index contributed by atoms with van der Waals surface area (Å²) in [5, 5.41) is 14.5. The minimum Gasteiger partial charge on any atom is -0.477 e. The number of aromatic carboxylic acids is 1. The van der Waals surface area contributed by atoms with Crippen molar-refractivity contribution >= 4 is 90.1 Å². The molecule has 4 aliphatic heterocycles. The lowest BCUT2D eigenvalue weighted by atomic mass is 10.0. The maximum absolute atomic E-state index is 13.2. The Morgan fingerprint density at radius 2 is 1.15 bits per heavy atom. The Hall–Kier alpha value is -6.02. The Kier molecular flexibility index (Phi) is 14.8. The number of carboxylic acid groups (broad SMARTS) is 1. The lowest BCUT2D eigenvalue weighted by Crippen LogP contribution is -2.49. The molecule has 4 amide bonds. The Morgan fingerprint density at radius 1 is 0.746 bits per heavy atom. The number of nitrogens with one attached hydrogen (secondary N) is 2. The number of aromatic nitrogens is 4. The lowest BCUT2D eigenvalue weighted by Gasteiger charge is -2.35. The second-order valence-corrected chi connectivity index (χ2v) is 18.0. The smallest absolute Gasteiger partial charge is 0.403 e. The number of nitrogens with two attached hydrogens (primary N) is 1. The highest BCUT2D eigenvalue weighted by molar-refractivity contribution is 9.10. The predicted octanol–water partition coefficient (Wildman–Crippen LogP) is 6.71. The fourth-order valence-corrected chi connectivity index (χ4v) is 8.66. The first-order valence-electron chi connectivity index (χ1n) is 20.3. The van der Waals surface area contributed by atoms with Crippen LogP contribution in [-0.2, 0) is 14.1 Å². The molecule has 0 aromatic carbocycles. The fourth-order valence-electron chi connectivity index (χ4n) is 7.59. The van der Waals surface area contributed by atoms with E-state index in [0.29, 0.717) is 52.2 Å². The molecular formula is C41H43Br2F6N11O7. The molecule has 360 valence electrons. The molecule has 4 aromatic heterocycles. The number of urea groups is 2. The summed E-state index contributed by atoms with van der Waals surface area (Å²) in [6, 6.07) is 5.93. The lowest BCUT2D eigenvalue weighted by molar-refractivity contribution is -0.168. The molecule has 4 atom stereocenters. The Labute approximate surface area is 394 Å². The quantitative estimate of drug-likeness (QED) is 0.117. The van der Waals surface area contributed by atoms with Crippen LogP contribution in [0.2, 0.25) is 0 Å². The Morgan fingerprint density at radius 3 is 1.54 bits per heavy atom. The van der Waals surface area contributed by atoms with E-state index in [1.165, 1.54) is 43.2 Å². The molecule has 67 heavy (non-hydrogen) atoms. The van der Waals surface area contributed by atoms with Crippen LogP contribution < -0.4 is 47.1 Å². The van der Waals surface area contributed by atoms with Crippen molar-refractivity contribution in [1.82, 2.24) is 19.1 Å². The fraction of sp³-hybridized carbons (Fsp3) is 0.415. The van der Waals surface area contributed by atoms with Gasteiger partial charge in [-0.25, -0.2) is 24.4 Å². The van der Waals surface area contributed by atoms with Crippen LogP contribution in [0.1, 0.15) is 54.1 Å². The molecule has 18 nitrogen and oxygen atoms in total. The number of aryl methyl sites for hydroxylation is 2. The first-order chi connectivity index (χ1) is 31.2. The van der Waals surface area contributed by atoms with Gasteiger partial charge in [0.2, 0.25) is 0 Å². The summed E-state index contributed by atoms with van der Waals surface area (Å²) in [6.45, 7) is 4.47. The van der Waals surface area contributed by atoms with Crippen molar-refractivity contribution in [3.63, 3.8) is 0 Å². The first-order valence-corrected chi connectivity index (χ1v) is 21.9. The number of Topliss-reactive ketones (excluding diaryl/α,β-unsaturated/α-hetero) is 1. The van der Waals surface area contributed by atoms with Gasteiger partial charge >= 0.3 is 30.4 Å². The van der Waals surface area contributed by atoms with Crippen molar-refractivity contribution in [3.8, 4) is 0 Å². The molecular weight excluding hydrogens is 1030 g/mol. The van der Waals surface area contributed by atoms with Gasteiger partial charge in [0.25, 0.3) is 11.1 Å². The minimum atomic E-state index is -4.49. The van der Waals surface area contributed by atoms with Crippen LogP contribution in [0.4, 0.5) is 70.3 Å². The molecule has 5 N–H and O–H groups in total. The van der Waals surface area contributed by atoms with Crippen molar-refractivity contribution in [1.29, 1.82) is 0 Å². The number of ketones is 1. The molecule has 2 fully saturated rings. The number of anilines is 6. The third-order valence-electron chi connectivity index (χ3n) is 11.2. The van der Waals surface area contributed by atoms with Gasteiger partial charge in [-0.2, -0.15) is 26.3 Å². The van der Waals surface area contributed by atoms with E-state index in [9.17, 15) is 60.2 Å². The maximum atomic E-state index is 13.2. The number of halogens is 8. The number of alkyl halides is 6. The average Bonchev–Trinajstić information content (AvgIpc) is 3.86. The van der Waals surface area contributed by atoms with E-state index >= 15 is 0 Å². The SMILES string of the molecule is C[C@@H](CC(=O)c1ccc2c(n1)N(C(=O)Nc1cc(Br)cn(C)c1=O)[C@H]1CCN2C1)C(F)(F)F.C[C@@H](N)C(F)(F)F.Cn1cc(Br)cc(NC(=O)N2c3nc(C(=O)O)ccc3N3CC[C@H]2C3)c1=O. The normalized spacial score (nSPS) is 17.8. The molecule has 4 aromatic rings. The molecule has 0 radical (unpaired) electrons. The summed E-state index contributed by atoms with van der Waals surface area (Å²) < 4.78 is 75.8. The van der Waals surface area contributed by atoms with Crippen LogP contribution in [0, 0.1) is 5.92 Å². The Balaban J connectivity index is 0.000000196. The van der Waals surface area contributed by atoms with Crippen LogP contribution in [0.3, 0.4) is 0 Å².